The van der Waals surface area contributed by atoms with Crippen LogP contribution >= 0.6 is 0 Å². The van der Waals surface area contributed by atoms with Gasteiger partial charge in [-0.2, -0.15) is 15.8 Å². The van der Waals surface area contributed by atoms with Gasteiger partial charge in [-0.25, -0.2) is 0 Å². The van der Waals surface area contributed by atoms with E-state index in [1.165, 1.54) is 0 Å². The number of benzene rings is 1. The number of nitrogens with two attached hydrogens (primary N) is 1. The Kier molecular flexibility index (Phi) is 6.54. The molecule has 2 aliphatic rings. The lowest BCUT2D eigenvalue weighted by Gasteiger charge is -2.45. The molecule has 0 saturated heterocycles. The molecule has 1 aromatic rings. The van der Waals surface area contributed by atoms with Crippen molar-refractivity contribution in [1.29, 1.82) is 15.8 Å². The lowest BCUT2D eigenvalue weighted by molar-refractivity contribution is 0.236. The normalized spacial score (nSPS) is 22.4. The molecule has 2 atom stereocenters. The van der Waals surface area contributed by atoms with Crippen LogP contribution in [0.4, 0.5) is 0 Å². The molecule has 7 nitrogen and oxygen atoms in total. The maximum absolute atomic E-state index is 10.2. The van der Waals surface area contributed by atoms with E-state index in [1.54, 1.807) is 0 Å². The second-order valence-electron chi connectivity index (χ2n) is 7.88. The second kappa shape index (κ2) is 9.13. The van der Waals surface area contributed by atoms with Gasteiger partial charge < -0.3 is 20.1 Å². The standard InChI is InChI=1S/C24H27N5O2/c1-4-10-31-20-7-6-16(11-21(20)30-5-2)22-19-13-29(3)9-8-17(19)18(12-25)23(28)24(22,14-26)15-27/h6-8,11,19,22H,4-5,9-10,13,28H2,1-3H3. The van der Waals surface area contributed by atoms with E-state index in [-0.39, 0.29) is 17.2 Å². The predicted molar refractivity (Wildman–Crippen MR) is 116 cm³/mol. The SMILES string of the molecule is CCCOc1ccc(C2C3CN(C)CC=C3C(C#N)=C(N)C2(C#N)C#N)cc1OCC. The third-order valence-electron chi connectivity index (χ3n) is 5.94. The number of fused-ring (bicyclic) bond motifs is 1. The van der Waals surface area contributed by atoms with E-state index < -0.39 is 11.3 Å². The molecule has 0 aromatic heterocycles. The van der Waals surface area contributed by atoms with Gasteiger partial charge in [-0.15, -0.1) is 0 Å². The highest BCUT2D eigenvalue weighted by Gasteiger charge is 2.54. The first kappa shape index (κ1) is 22.2. The molecular weight excluding hydrogens is 390 g/mol. The van der Waals surface area contributed by atoms with Gasteiger partial charge in [0, 0.05) is 24.9 Å². The molecule has 0 spiro atoms. The zero-order valence-corrected chi connectivity index (χ0v) is 18.2. The van der Waals surface area contributed by atoms with E-state index in [2.05, 4.69) is 23.1 Å². The van der Waals surface area contributed by atoms with Crippen LogP contribution in [0.3, 0.4) is 0 Å². The zero-order valence-electron chi connectivity index (χ0n) is 18.2. The van der Waals surface area contributed by atoms with Gasteiger partial charge in [-0.05, 0) is 43.7 Å². The number of likely N-dealkylation sites (N-methyl/N-ethyl adjacent to an activating group) is 1. The van der Waals surface area contributed by atoms with Crippen LogP contribution in [0.2, 0.25) is 0 Å². The molecule has 1 aromatic carbocycles. The van der Waals surface area contributed by atoms with E-state index in [9.17, 15) is 15.8 Å². The number of nitrogens with zero attached hydrogens (tertiary/aromatic N) is 4. The van der Waals surface area contributed by atoms with Crippen molar-refractivity contribution in [3.05, 3.63) is 46.7 Å². The lowest BCUT2D eigenvalue weighted by atomic mass is 9.58. The first-order valence-electron chi connectivity index (χ1n) is 10.5. The first-order valence-corrected chi connectivity index (χ1v) is 10.5. The summed E-state index contributed by atoms with van der Waals surface area (Å²) in [6.07, 6.45) is 2.84. The Morgan fingerprint density at radius 3 is 2.52 bits per heavy atom. The first-order chi connectivity index (χ1) is 15.0. The fraction of sp³-hybridized carbons (Fsp3) is 0.458. The largest absolute Gasteiger partial charge is 0.490 e. The summed E-state index contributed by atoms with van der Waals surface area (Å²) in [7, 11) is 1.98. The average Bonchev–Trinajstić information content (AvgIpc) is 2.78. The fourth-order valence-corrected chi connectivity index (χ4v) is 4.52. The van der Waals surface area contributed by atoms with Crippen molar-refractivity contribution in [3.8, 4) is 29.7 Å². The molecular formula is C24H27N5O2. The molecule has 1 aliphatic carbocycles. The molecule has 2 N–H and O–H groups in total. The molecule has 1 heterocycles. The van der Waals surface area contributed by atoms with Crippen LogP contribution in [0.15, 0.2) is 41.1 Å². The van der Waals surface area contributed by atoms with Crippen LogP contribution in [0.1, 0.15) is 31.7 Å². The molecule has 0 fully saturated rings. The topological polar surface area (TPSA) is 119 Å². The molecule has 0 saturated carbocycles. The maximum atomic E-state index is 10.2. The highest BCUT2D eigenvalue weighted by Crippen LogP contribution is 2.54. The Labute approximate surface area is 183 Å². The predicted octanol–water partition coefficient (Wildman–Crippen LogP) is 3.23. The molecule has 160 valence electrons. The number of rotatable bonds is 6. The maximum Gasteiger partial charge on any atom is 0.191 e. The van der Waals surface area contributed by atoms with Crippen molar-refractivity contribution in [2.45, 2.75) is 26.2 Å². The van der Waals surface area contributed by atoms with Crippen molar-refractivity contribution in [3.63, 3.8) is 0 Å². The minimum Gasteiger partial charge on any atom is -0.490 e. The van der Waals surface area contributed by atoms with Crippen LogP contribution in [-0.2, 0) is 0 Å². The second-order valence-corrected chi connectivity index (χ2v) is 7.88. The summed E-state index contributed by atoms with van der Waals surface area (Å²) in [6, 6.07) is 12.0. The Bertz CT molecular complexity index is 1020. The van der Waals surface area contributed by atoms with Crippen molar-refractivity contribution in [2.75, 3.05) is 33.4 Å². The van der Waals surface area contributed by atoms with Crippen LogP contribution in [0, 0.1) is 45.3 Å². The van der Waals surface area contributed by atoms with E-state index in [1.807, 2.05) is 45.2 Å². The summed E-state index contributed by atoms with van der Waals surface area (Å²) in [6.45, 7) is 6.22. The van der Waals surface area contributed by atoms with Gasteiger partial charge in [0.1, 0.15) is 6.07 Å². The molecule has 1 aliphatic heterocycles. The Balaban J connectivity index is 2.23. The molecule has 3 rings (SSSR count). The summed E-state index contributed by atoms with van der Waals surface area (Å²) < 4.78 is 11.6. The zero-order chi connectivity index (χ0) is 22.6. The smallest absolute Gasteiger partial charge is 0.191 e. The minimum atomic E-state index is -1.65. The minimum absolute atomic E-state index is 0.0290. The van der Waals surface area contributed by atoms with Crippen molar-refractivity contribution in [1.82, 2.24) is 4.90 Å². The van der Waals surface area contributed by atoms with Gasteiger partial charge in [0.05, 0.1) is 36.6 Å². The Hall–Kier alpha value is -3.47. The molecule has 0 radical (unpaired) electrons. The van der Waals surface area contributed by atoms with Gasteiger partial charge >= 0.3 is 0 Å². The van der Waals surface area contributed by atoms with E-state index in [0.717, 1.165) is 17.6 Å². The average molecular weight is 418 g/mol. The van der Waals surface area contributed by atoms with Crippen molar-refractivity contribution < 1.29 is 9.47 Å². The number of hydrogen-bond acceptors (Lipinski definition) is 7. The summed E-state index contributed by atoms with van der Waals surface area (Å²) in [4.78, 5) is 2.11. The quantitative estimate of drug-likeness (QED) is 0.754. The molecule has 0 bridgehead atoms. The van der Waals surface area contributed by atoms with Gasteiger partial charge in [0.15, 0.2) is 16.9 Å². The van der Waals surface area contributed by atoms with Crippen molar-refractivity contribution in [2.24, 2.45) is 17.1 Å². The third kappa shape index (κ3) is 3.72. The van der Waals surface area contributed by atoms with Crippen LogP contribution < -0.4 is 15.2 Å². The third-order valence-corrected chi connectivity index (χ3v) is 5.94. The van der Waals surface area contributed by atoms with Crippen LogP contribution in [0.25, 0.3) is 0 Å². The fourth-order valence-electron chi connectivity index (χ4n) is 4.52. The number of nitriles is 3. The van der Waals surface area contributed by atoms with E-state index in [4.69, 9.17) is 15.2 Å². The Morgan fingerprint density at radius 1 is 1.16 bits per heavy atom. The summed E-state index contributed by atoms with van der Waals surface area (Å²) in [5.41, 5.74) is 6.56. The van der Waals surface area contributed by atoms with Gasteiger partial charge in [0.2, 0.25) is 0 Å². The molecule has 2 unspecified atom stereocenters. The summed E-state index contributed by atoms with van der Waals surface area (Å²) in [5, 5.41) is 30.1. The molecule has 7 heteroatoms. The Morgan fingerprint density at radius 2 is 1.90 bits per heavy atom. The molecule has 31 heavy (non-hydrogen) atoms. The van der Waals surface area contributed by atoms with Gasteiger partial charge in [0.25, 0.3) is 0 Å². The molecule has 0 amide bonds. The number of ether oxygens (including phenoxy) is 2. The summed E-state index contributed by atoms with van der Waals surface area (Å²) in [5.74, 6) is 0.423. The lowest BCUT2D eigenvalue weighted by Crippen LogP contribution is -2.47. The number of hydrogen-bond donors (Lipinski definition) is 1. The van der Waals surface area contributed by atoms with Gasteiger partial charge in [-0.3, -0.25) is 0 Å². The highest BCUT2D eigenvalue weighted by atomic mass is 16.5. The van der Waals surface area contributed by atoms with Crippen LogP contribution in [0.5, 0.6) is 11.5 Å². The number of allylic oxidation sites excluding steroid dienone is 2. The highest BCUT2D eigenvalue weighted by molar-refractivity contribution is 5.60. The van der Waals surface area contributed by atoms with Gasteiger partial charge in [-0.1, -0.05) is 19.1 Å². The van der Waals surface area contributed by atoms with E-state index >= 15 is 0 Å². The van der Waals surface area contributed by atoms with Crippen LogP contribution in [-0.4, -0.2) is 38.3 Å². The van der Waals surface area contributed by atoms with E-state index in [0.29, 0.717) is 37.8 Å². The summed E-state index contributed by atoms with van der Waals surface area (Å²) >= 11 is 0. The monoisotopic (exact) mass is 417 g/mol. The van der Waals surface area contributed by atoms with Crippen molar-refractivity contribution >= 4 is 0 Å².